The molecule has 1 aliphatic rings. The summed E-state index contributed by atoms with van der Waals surface area (Å²) in [5.74, 6) is 0.418. The summed E-state index contributed by atoms with van der Waals surface area (Å²) in [5, 5.41) is 3.33. The molecule has 0 aliphatic carbocycles. The quantitative estimate of drug-likeness (QED) is 0.659. The van der Waals surface area contributed by atoms with E-state index >= 15 is 0 Å². The molecule has 0 saturated carbocycles. The molecule has 1 aliphatic heterocycles. The van der Waals surface area contributed by atoms with Crippen LogP contribution in [0.5, 0.6) is 0 Å². The van der Waals surface area contributed by atoms with Gasteiger partial charge in [0.15, 0.2) is 0 Å². The molecule has 0 bridgehead atoms. The number of carbonyl (C=O) groups excluding carboxylic acids is 1. The zero-order chi connectivity index (χ0) is 10.6. The molecule has 1 atom stereocenters. The van der Waals surface area contributed by atoms with Crippen LogP contribution in [0.4, 0.5) is 0 Å². The zero-order valence-corrected chi connectivity index (χ0v) is 9.12. The Hall–Kier alpha value is -0.610. The predicted molar refractivity (Wildman–Crippen MR) is 56.9 cm³/mol. The van der Waals surface area contributed by atoms with Gasteiger partial charge >= 0.3 is 0 Å². The number of hydrogen-bond acceptors (Lipinski definition) is 3. The van der Waals surface area contributed by atoms with Crippen LogP contribution in [0.25, 0.3) is 0 Å². The molecule has 1 saturated heterocycles. The second-order valence-electron chi connectivity index (χ2n) is 4.29. The number of nitrogens with zero attached hydrogens (tertiary/aromatic N) is 1. The maximum Gasteiger partial charge on any atom is 0.219 e. The Bertz CT molecular complexity index is 188. The Kier molecular flexibility index (Phi) is 4.35. The van der Waals surface area contributed by atoms with Gasteiger partial charge in [-0.2, -0.15) is 0 Å². The van der Waals surface area contributed by atoms with Crippen molar-refractivity contribution in [1.29, 1.82) is 0 Å². The van der Waals surface area contributed by atoms with E-state index in [-0.39, 0.29) is 5.91 Å². The number of primary amides is 1. The van der Waals surface area contributed by atoms with Crippen molar-refractivity contribution in [2.24, 2.45) is 11.7 Å². The van der Waals surface area contributed by atoms with Crippen LogP contribution >= 0.6 is 0 Å². The minimum atomic E-state index is -0.192. The summed E-state index contributed by atoms with van der Waals surface area (Å²) in [6, 6.07) is 0.314. The van der Waals surface area contributed by atoms with E-state index in [9.17, 15) is 4.79 Å². The molecule has 0 aromatic heterocycles. The fraction of sp³-hybridized carbons (Fsp3) is 0.900. The molecule has 4 nitrogen and oxygen atoms in total. The number of nitrogens with one attached hydrogen (secondary N) is 1. The summed E-state index contributed by atoms with van der Waals surface area (Å²) in [6.45, 7) is 2.13. The molecular weight excluding hydrogens is 178 g/mol. The first-order valence-corrected chi connectivity index (χ1v) is 5.26. The molecule has 82 valence electrons. The Morgan fingerprint density at radius 2 is 2.07 bits per heavy atom. The lowest BCUT2D eigenvalue weighted by atomic mass is 9.87. The van der Waals surface area contributed by atoms with Crippen LogP contribution in [-0.2, 0) is 4.79 Å². The molecule has 14 heavy (non-hydrogen) atoms. The Labute approximate surface area is 85.8 Å². The number of rotatable bonds is 4. The van der Waals surface area contributed by atoms with Crippen molar-refractivity contribution in [1.82, 2.24) is 10.2 Å². The highest BCUT2D eigenvalue weighted by molar-refractivity contribution is 5.74. The van der Waals surface area contributed by atoms with E-state index in [0.29, 0.717) is 18.4 Å². The zero-order valence-electron chi connectivity index (χ0n) is 9.12. The van der Waals surface area contributed by atoms with E-state index in [2.05, 4.69) is 10.2 Å². The van der Waals surface area contributed by atoms with Gasteiger partial charge in [-0.25, -0.2) is 0 Å². The van der Waals surface area contributed by atoms with Gasteiger partial charge in [0.1, 0.15) is 0 Å². The minimum absolute atomic E-state index is 0.192. The summed E-state index contributed by atoms with van der Waals surface area (Å²) < 4.78 is 0. The molecule has 0 spiro atoms. The van der Waals surface area contributed by atoms with Crippen LogP contribution in [0.2, 0.25) is 0 Å². The van der Waals surface area contributed by atoms with Crippen LogP contribution in [0.1, 0.15) is 19.3 Å². The first-order chi connectivity index (χ1) is 6.61. The largest absolute Gasteiger partial charge is 0.370 e. The van der Waals surface area contributed by atoms with E-state index in [1.165, 1.54) is 0 Å². The van der Waals surface area contributed by atoms with Gasteiger partial charge in [-0.05, 0) is 45.9 Å². The predicted octanol–water partition coefficient (Wildman–Crippen LogP) is -0.208. The molecule has 1 rings (SSSR count). The fourth-order valence-electron chi connectivity index (χ4n) is 2.21. The van der Waals surface area contributed by atoms with Crippen LogP contribution in [0.3, 0.4) is 0 Å². The van der Waals surface area contributed by atoms with Crippen LogP contribution in [0.15, 0.2) is 0 Å². The van der Waals surface area contributed by atoms with Gasteiger partial charge in [0.2, 0.25) is 5.91 Å². The molecule has 1 fully saturated rings. The standard InChI is InChI=1S/C10H21N3O/c1-13(2)9(7-10(11)14)8-3-5-12-6-4-8/h8-9,12H,3-7H2,1-2H3,(H2,11,14). The third kappa shape index (κ3) is 3.27. The van der Waals surface area contributed by atoms with Gasteiger partial charge in [0, 0.05) is 12.5 Å². The fourth-order valence-corrected chi connectivity index (χ4v) is 2.21. The monoisotopic (exact) mass is 199 g/mol. The maximum absolute atomic E-state index is 10.9. The van der Waals surface area contributed by atoms with Crippen molar-refractivity contribution in [2.75, 3.05) is 27.2 Å². The number of amides is 1. The SMILES string of the molecule is CN(C)C(CC(N)=O)C1CCNCC1. The first-order valence-electron chi connectivity index (χ1n) is 5.26. The average Bonchev–Trinajstić information content (AvgIpc) is 2.15. The van der Waals surface area contributed by atoms with Gasteiger partial charge in [-0.15, -0.1) is 0 Å². The highest BCUT2D eigenvalue weighted by atomic mass is 16.1. The molecule has 0 aromatic carbocycles. The van der Waals surface area contributed by atoms with Gasteiger partial charge < -0.3 is 16.0 Å². The van der Waals surface area contributed by atoms with E-state index in [0.717, 1.165) is 25.9 Å². The van der Waals surface area contributed by atoms with Gasteiger partial charge in [-0.1, -0.05) is 0 Å². The van der Waals surface area contributed by atoms with Crippen molar-refractivity contribution in [3.05, 3.63) is 0 Å². The van der Waals surface area contributed by atoms with E-state index in [1.54, 1.807) is 0 Å². The molecular formula is C10H21N3O. The van der Waals surface area contributed by atoms with Crippen molar-refractivity contribution in [3.8, 4) is 0 Å². The lowest BCUT2D eigenvalue weighted by molar-refractivity contribution is -0.119. The Morgan fingerprint density at radius 3 is 2.50 bits per heavy atom. The normalized spacial score (nSPS) is 21.1. The summed E-state index contributed by atoms with van der Waals surface area (Å²) in [5.41, 5.74) is 5.26. The number of piperidine rings is 1. The second kappa shape index (κ2) is 5.32. The van der Waals surface area contributed by atoms with Crippen molar-refractivity contribution >= 4 is 5.91 Å². The van der Waals surface area contributed by atoms with E-state index < -0.39 is 0 Å². The lowest BCUT2D eigenvalue weighted by Gasteiger charge is -2.34. The summed E-state index contributed by atoms with van der Waals surface area (Å²) in [6.07, 6.45) is 2.78. The van der Waals surface area contributed by atoms with Gasteiger partial charge in [-0.3, -0.25) is 4.79 Å². The minimum Gasteiger partial charge on any atom is -0.370 e. The number of hydrogen-bond donors (Lipinski definition) is 2. The third-order valence-electron chi connectivity index (χ3n) is 3.00. The van der Waals surface area contributed by atoms with Crippen LogP contribution in [0, 0.1) is 5.92 Å². The van der Waals surface area contributed by atoms with Crippen molar-refractivity contribution < 1.29 is 4.79 Å². The van der Waals surface area contributed by atoms with Crippen molar-refractivity contribution in [3.63, 3.8) is 0 Å². The second-order valence-corrected chi connectivity index (χ2v) is 4.29. The van der Waals surface area contributed by atoms with Gasteiger partial charge in [0.25, 0.3) is 0 Å². The van der Waals surface area contributed by atoms with Gasteiger partial charge in [0.05, 0.1) is 0 Å². The molecule has 1 heterocycles. The molecule has 0 aromatic rings. The van der Waals surface area contributed by atoms with Crippen molar-refractivity contribution in [2.45, 2.75) is 25.3 Å². The topological polar surface area (TPSA) is 58.4 Å². The molecule has 3 N–H and O–H groups in total. The van der Waals surface area contributed by atoms with Crippen LogP contribution < -0.4 is 11.1 Å². The first kappa shape index (κ1) is 11.5. The van der Waals surface area contributed by atoms with E-state index in [1.807, 2.05) is 14.1 Å². The lowest BCUT2D eigenvalue weighted by Crippen LogP contribution is -2.43. The highest BCUT2D eigenvalue weighted by Gasteiger charge is 2.26. The summed E-state index contributed by atoms with van der Waals surface area (Å²) in [4.78, 5) is 13.1. The summed E-state index contributed by atoms with van der Waals surface area (Å²) >= 11 is 0. The third-order valence-corrected chi connectivity index (χ3v) is 3.00. The highest BCUT2D eigenvalue weighted by Crippen LogP contribution is 2.21. The smallest absolute Gasteiger partial charge is 0.219 e. The maximum atomic E-state index is 10.9. The van der Waals surface area contributed by atoms with E-state index in [4.69, 9.17) is 5.73 Å². The molecule has 1 unspecified atom stereocenters. The number of carbonyl (C=O) groups is 1. The molecule has 1 amide bonds. The Morgan fingerprint density at radius 1 is 1.50 bits per heavy atom. The average molecular weight is 199 g/mol. The number of nitrogens with two attached hydrogens (primary N) is 1. The molecule has 0 radical (unpaired) electrons. The Balaban J connectivity index is 2.51. The van der Waals surface area contributed by atoms with Crippen LogP contribution in [-0.4, -0.2) is 44.0 Å². The summed E-state index contributed by atoms with van der Waals surface area (Å²) in [7, 11) is 4.05. The molecule has 4 heteroatoms.